The molecule has 11 nitrogen and oxygen atoms in total. The highest BCUT2D eigenvalue weighted by molar-refractivity contribution is 6.32. The zero-order valence-corrected chi connectivity index (χ0v) is 20.3. The number of hydrogen-bond donors (Lipinski definition) is 3. The third-order valence-corrected chi connectivity index (χ3v) is 6.15. The van der Waals surface area contributed by atoms with Crippen molar-refractivity contribution in [2.45, 2.75) is 18.4 Å². The third kappa shape index (κ3) is 6.05. The summed E-state index contributed by atoms with van der Waals surface area (Å²) >= 11 is 6.26. The summed E-state index contributed by atoms with van der Waals surface area (Å²) in [6.07, 6.45) is 2.44. The number of ether oxygens (including phenoxy) is 1. The number of aliphatic hydroxyl groups excluding tert-OH is 1. The molecule has 1 aromatic heterocycles. The maximum absolute atomic E-state index is 12.7. The number of nitrogens with one attached hydrogen (secondary N) is 2. The Balaban J connectivity index is 1.63. The molecule has 0 aliphatic carbocycles. The number of benzene rings is 1. The van der Waals surface area contributed by atoms with Crippen LogP contribution in [0.5, 0.6) is 5.75 Å². The molecule has 3 N–H and O–H groups in total. The van der Waals surface area contributed by atoms with E-state index in [0.717, 1.165) is 0 Å². The first-order valence-corrected chi connectivity index (χ1v) is 11.7. The van der Waals surface area contributed by atoms with Gasteiger partial charge in [0, 0.05) is 51.9 Å². The molecule has 2 atom stereocenters. The molecule has 0 spiro atoms. The SMILES string of the molecule is CN1CCC(=O)N(C)CCNc2ncnc3c2C(C=Nc2ccc(Cl)c(c2)OCC(O)C1)C(=O)N3. The smallest absolute Gasteiger partial charge is 0.238 e. The van der Waals surface area contributed by atoms with Crippen LogP contribution in [0.25, 0.3) is 0 Å². The van der Waals surface area contributed by atoms with Gasteiger partial charge in [0.1, 0.15) is 42.3 Å². The van der Waals surface area contributed by atoms with Gasteiger partial charge >= 0.3 is 0 Å². The maximum Gasteiger partial charge on any atom is 0.238 e. The lowest BCUT2D eigenvalue weighted by Crippen LogP contribution is -2.37. The Morgan fingerprint density at radius 1 is 1.17 bits per heavy atom. The Kier molecular flexibility index (Phi) is 7.79. The average molecular weight is 502 g/mol. The summed E-state index contributed by atoms with van der Waals surface area (Å²) in [5, 5.41) is 16.7. The maximum atomic E-state index is 12.7. The second-order valence-corrected chi connectivity index (χ2v) is 8.97. The molecule has 12 heteroatoms. The quantitative estimate of drug-likeness (QED) is 0.495. The van der Waals surface area contributed by atoms with Gasteiger partial charge in [0.25, 0.3) is 0 Å². The predicted molar refractivity (Wildman–Crippen MR) is 133 cm³/mol. The summed E-state index contributed by atoms with van der Waals surface area (Å²) in [4.78, 5) is 41.7. The number of aromatic nitrogens is 2. The first-order valence-electron chi connectivity index (χ1n) is 11.3. The molecule has 4 rings (SSSR count). The number of carbonyl (C=O) groups excluding carboxylic acids is 2. The zero-order valence-electron chi connectivity index (χ0n) is 19.6. The number of anilines is 2. The number of rotatable bonds is 0. The van der Waals surface area contributed by atoms with E-state index in [1.165, 1.54) is 12.5 Å². The lowest BCUT2D eigenvalue weighted by Gasteiger charge is -2.23. The normalized spacial score (nSPS) is 22.1. The molecule has 35 heavy (non-hydrogen) atoms. The molecule has 0 saturated carbocycles. The zero-order chi connectivity index (χ0) is 24.9. The fourth-order valence-corrected chi connectivity index (χ4v) is 4.05. The van der Waals surface area contributed by atoms with E-state index in [1.54, 1.807) is 30.1 Å². The van der Waals surface area contributed by atoms with Crippen molar-refractivity contribution in [1.29, 1.82) is 0 Å². The summed E-state index contributed by atoms with van der Waals surface area (Å²) < 4.78 is 5.73. The highest BCUT2D eigenvalue weighted by Gasteiger charge is 2.33. The molecule has 2 aliphatic rings. The van der Waals surface area contributed by atoms with E-state index in [9.17, 15) is 14.7 Å². The topological polar surface area (TPSA) is 132 Å². The number of carbonyl (C=O) groups is 2. The van der Waals surface area contributed by atoms with Crippen LogP contribution in [-0.4, -0.2) is 95.9 Å². The van der Waals surface area contributed by atoms with Gasteiger partial charge in [-0.05, 0) is 19.2 Å². The van der Waals surface area contributed by atoms with E-state index in [1.807, 2.05) is 11.9 Å². The molecular formula is C23H28ClN7O4. The molecule has 1 aromatic carbocycles. The molecular weight excluding hydrogens is 474 g/mol. The molecule has 0 fully saturated rings. The molecule has 3 heterocycles. The Labute approximate surface area is 208 Å². The van der Waals surface area contributed by atoms with Crippen molar-refractivity contribution in [3.8, 4) is 5.75 Å². The van der Waals surface area contributed by atoms with E-state index in [0.29, 0.717) is 66.3 Å². The average Bonchev–Trinajstić information content (AvgIpc) is 3.16. The van der Waals surface area contributed by atoms with Gasteiger partial charge in [-0.1, -0.05) is 11.6 Å². The van der Waals surface area contributed by atoms with E-state index < -0.39 is 12.0 Å². The molecule has 2 bridgehead atoms. The van der Waals surface area contributed by atoms with Gasteiger partial charge in [-0.15, -0.1) is 0 Å². The number of likely N-dealkylation sites (N-methyl/N-ethyl adjacent to an activating group) is 2. The number of fused-ring (bicyclic) bond motifs is 2. The van der Waals surface area contributed by atoms with Gasteiger partial charge < -0.3 is 30.3 Å². The number of β-amino-alcohol motifs (C(OH)–C–C–N with tert-alkyl or cyclic N) is 1. The van der Waals surface area contributed by atoms with Crippen molar-refractivity contribution in [3.63, 3.8) is 0 Å². The number of hydrogen-bond acceptors (Lipinski definition) is 9. The van der Waals surface area contributed by atoms with Gasteiger partial charge in [0.05, 0.1) is 16.3 Å². The number of aliphatic hydroxyl groups is 1. The van der Waals surface area contributed by atoms with Crippen LogP contribution in [0.3, 0.4) is 0 Å². The highest BCUT2D eigenvalue weighted by Crippen LogP contribution is 2.35. The molecule has 0 radical (unpaired) electrons. The minimum atomic E-state index is -0.775. The highest BCUT2D eigenvalue weighted by atomic mass is 35.5. The third-order valence-electron chi connectivity index (χ3n) is 5.83. The molecule has 2 amide bonds. The number of aliphatic imine (C=N–C) groups is 1. The van der Waals surface area contributed by atoms with Gasteiger partial charge in [-0.2, -0.15) is 0 Å². The van der Waals surface area contributed by atoms with Crippen LogP contribution in [0.1, 0.15) is 17.9 Å². The summed E-state index contributed by atoms with van der Waals surface area (Å²) in [7, 11) is 3.58. The van der Waals surface area contributed by atoms with Crippen molar-refractivity contribution in [3.05, 3.63) is 35.1 Å². The minimum absolute atomic E-state index is 0.0165. The Morgan fingerprint density at radius 3 is 2.80 bits per heavy atom. The van der Waals surface area contributed by atoms with Crippen molar-refractivity contribution in [2.24, 2.45) is 4.99 Å². The van der Waals surface area contributed by atoms with Crippen LogP contribution in [-0.2, 0) is 9.59 Å². The monoisotopic (exact) mass is 501 g/mol. The summed E-state index contributed by atoms with van der Waals surface area (Å²) in [6.45, 7) is 1.74. The number of nitrogens with zero attached hydrogens (tertiary/aromatic N) is 5. The van der Waals surface area contributed by atoms with Crippen LogP contribution in [0.4, 0.5) is 17.3 Å². The van der Waals surface area contributed by atoms with Crippen LogP contribution in [0, 0.1) is 0 Å². The lowest BCUT2D eigenvalue weighted by atomic mass is 10.0. The Bertz CT molecular complexity index is 1130. The minimum Gasteiger partial charge on any atom is -0.489 e. The Hall–Kier alpha value is -3.28. The summed E-state index contributed by atoms with van der Waals surface area (Å²) in [5.74, 6) is 0.324. The Morgan fingerprint density at radius 2 is 1.97 bits per heavy atom. The summed E-state index contributed by atoms with van der Waals surface area (Å²) in [5.41, 5.74) is 1.14. The molecule has 186 valence electrons. The van der Waals surface area contributed by atoms with Crippen LogP contribution >= 0.6 is 11.6 Å². The number of halogens is 1. The van der Waals surface area contributed by atoms with Crippen molar-refractivity contribution in [1.82, 2.24) is 19.8 Å². The van der Waals surface area contributed by atoms with Crippen LogP contribution < -0.4 is 15.4 Å². The van der Waals surface area contributed by atoms with Crippen molar-refractivity contribution < 1.29 is 19.4 Å². The summed E-state index contributed by atoms with van der Waals surface area (Å²) in [6, 6.07) is 5.01. The molecule has 2 unspecified atom stereocenters. The fourth-order valence-electron chi connectivity index (χ4n) is 3.88. The second-order valence-electron chi connectivity index (χ2n) is 8.56. The second kappa shape index (κ2) is 11.0. The molecule has 0 saturated heterocycles. The van der Waals surface area contributed by atoms with Crippen LogP contribution in [0.15, 0.2) is 29.5 Å². The van der Waals surface area contributed by atoms with E-state index in [-0.39, 0.29) is 18.4 Å². The van der Waals surface area contributed by atoms with Gasteiger partial charge in [0.2, 0.25) is 11.8 Å². The lowest BCUT2D eigenvalue weighted by molar-refractivity contribution is -0.130. The fraction of sp³-hybridized carbons (Fsp3) is 0.435. The molecule has 2 aliphatic heterocycles. The first kappa shape index (κ1) is 24.8. The first-order chi connectivity index (χ1) is 16.8. The van der Waals surface area contributed by atoms with Crippen molar-refractivity contribution >= 4 is 47.0 Å². The van der Waals surface area contributed by atoms with Gasteiger partial charge in [-0.3, -0.25) is 14.6 Å². The van der Waals surface area contributed by atoms with Gasteiger partial charge in [0.15, 0.2) is 0 Å². The number of amides is 2. The van der Waals surface area contributed by atoms with Crippen LogP contribution in [0.2, 0.25) is 5.02 Å². The van der Waals surface area contributed by atoms with E-state index in [4.69, 9.17) is 16.3 Å². The van der Waals surface area contributed by atoms with Crippen molar-refractivity contribution in [2.75, 3.05) is 57.5 Å². The predicted octanol–water partition coefficient (Wildman–Crippen LogP) is 1.51. The standard InChI is InChI=1S/C23H28ClN7O4/c1-30-7-5-19(33)31(2)8-6-25-21-20-16(23(34)29-22(20)28-13-27-21)10-26-14-3-4-17(24)18(9-14)35-12-15(32)11-30/h3-4,9-10,13,15-16,32H,5-8,11-12H2,1-2H3,(H2,25,27,28,29,34). The largest absolute Gasteiger partial charge is 0.489 e. The van der Waals surface area contributed by atoms with E-state index in [2.05, 4.69) is 25.6 Å². The van der Waals surface area contributed by atoms with E-state index >= 15 is 0 Å². The molecule has 2 aromatic rings. The van der Waals surface area contributed by atoms with Gasteiger partial charge in [-0.25, -0.2) is 9.97 Å².